The lowest BCUT2D eigenvalue weighted by Gasteiger charge is -2.39. The van der Waals surface area contributed by atoms with Crippen LogP contribution in [0, 0.1) is 11.8 Å². The van der Waals surface area contributed by atoms with Gasteiger partial charge in [-0.3, -0.25) is 23.5 Å². The van der Waals surface area contributed by atoms with Crippen LogP contribution in [0.4, 0.5) is 0 Å². The number of hydrogen-bond donors (Lipinski definition) is 1. The molecule has 2 aliphatic rings. The Morgan fingerprint density at radius 2 is 1.21 bits per heavy atom. The molecule has 284 valence electrons. The van der Waals surface area contributed by atoms with Gasteiger partial charge < -0.3 is 32.3 Å². The topological polar surface area (TPSA) is 154 Å². The maximum Gasteiger partial charge on any atom is 0.349 e. The fourth-order valence-corrected chi connectivity index (χ4v) is 14.6. The van der Waals surface area contributed by atoms with Crippen molar-refractivity contribution >= 4 is 15.2 Å². The van der Waals surface area contributed by atoms with E-state index in [2.05, 4.69) is 4.98 Å². The number of aromatic amines is 1. The molecule has 2 fully saturated rings. The van der Waals surface area contributed by atoms with Crippen LogP contribution >= 0.6 is 15.2 Å². The smallest absolute Gasteiger partial charge is 0.349 e. The summed E-state index contributed by atoms with van der Waals surface area (Å²) in [5.41, 5.74) is -0.193. The molecule has 15 heteroatoms. The number of hydrogen-bond acceptors (Lipinski definition) is 11. The monoisotopic (exact) mass is 768 g/mol. The van der Waals surface area contributed by atoms with Gasteiger partial charge in [-0.25, -0.2) is 4.79 Å². The Morgan fingerprint density at radius 1 is 0.717 bits per heavy atom. The lowest BCUT2D eigenvalue weighted by Crippen LogP contribution is -2.40. The summed E-state index contributed by atoms with van der Waals surface area (Å²) < 4.78 is 74.9. The maximum atomic E-state index is 15.3. The third-order valence-corrected chi connectivity index (χ3v) is 16.6. The number of fused-ring (bicyclic) bond motifs is 1. The van der Waals surface area contributed by atoms with Crippen molar-refractivity contribution in [3.63, 3.8) is 0 Å². The summed E-state index contributed by atoms with van der Waals surface area (Å²) in [5, 5.41) is 0. The first kappa shape index (κ1) is 39.1. The fourth-order valence-electron chi connectivity index (χ4n) is 7.84. The number of ether oxygens (including phenoxy) is 3. The van der Waals surface area contributed by atoms with E-state index < -0.39 is 61.1 Å². The number of nitrogens with one attached hydrogen (secondary N) is 1. The summed E-state index contributed by atoms with van der Waals surface area (Å²) in [6.07, 6.45) is -0.855. The standard InChI is InChI=1S/C38H46N2O11P2/c1-6-47-52(43,48-7-2)38(53(44,49-8-3)50-9-4)33-31(51-35(34(33)38)40-25-24-32(41)39-36(40)42)26-46-37(27-16-12-10-13-17-27,28-18-14-11-15-19-28)29-20-22-30(45-5)23-21-29/h10-25,31,33-35H,6-9,26H2,1-5H3,(H,39,41,42)/t31-,33-,34-,35-/m1/s1. The number of nitrogens with zero attached hydrogens (tertiary/aromatic N) is 1. The zero-order valence-electron chi connectivity index (χ0n) is 30.4. The number of methoxy groups -OCH3 is 1. The summed E-state index contributed by atoms with van der Waals surface area (Å²) in [6, 6.07) is 28.2. The number of rotatable bonds is 18. The molecule has 1 saturated heterocycles. The van der Waals surface area contributed by atoms with Gasteiger partial charge in [0.2, 0.25) is 0 Å². The quantitative estimate of drug-likeness (QED) is 0.0829. The fraction of sp³-hybridized carbons (Fsp3) is 0.421. The zero-order valence-corrected chi connectivity index (χ0v) is 32.2. The predicted molar refractivity (Wildman–Crippen MR) is 198 cm³/mol. The highest BCUT2D eigenvalue weighted by Gasteiger charge is 2.91. The van der Waals surface area contributed by atoms with Crippen molar-refractivity contribution in [3.8, 4) is 5.75 Å². The molecule has 4 atom stereocenters. The van der Waals surface area contributed by atoms with E-state index >= 15 is 9.13 Å². The van der Waals surface area contributed by atoms with E-state index in [9.17, 15) is 9.59 Å². The van der Waals surface area contributed by atoms with Crippen LogP contribution in [0.5, 0.6) is 5.75 Å². The number of H-pyrrole nitrogens is 1. The van der Waals surface area contributed by atoms with Crippen LogP contribution in [0.1, 0.15) is 50.6 Å². The van der Waals surface area contributed by atoms with Gasteiger partial charge in [-0.2, -0.15) is 0 Å². The molecule has 53 heavy (non-hydrogen) atoms. The van der Waals surface area contributed by atoms with E-state index in [1.54, 1.807) is 34.8 Å². The van der Waals surface area contributed by atoms with Gasteiger partial charge in [0.15, 0.2) is 4.90 Å². The lowest BCUT2D eigenvalue weighted by atomic mass is 9.80. The molecule has 1 aliphatic carbocycles. The molecule has 0 spiro atoms. The van der Waals surface area contributed by atoms with E-state index in [1.165, 1.54) is 16.8 Å². The van der Waals surface area contributed by atoms with Crippen molar-refractivity contribution in [2.24, 2.45) is 11.8 Å². The first-order chi connectivity index (χ1) is 25.6. The molecule has 1 aliphatic heterocycles. The Bertz CT molecular complexity index is 1970. The minimum atomic E-state index is -4.39. The molecule has 2 heterocycles. The maximum absolute atomic E-state index is 15.3. The highest BCUT2D eigenvalue weighted by atomic mass is 31.2. The van der Waals surface area contributed by atoms with Gasteiger partial charge in [-0.15, -0.1) is 0 Å². The second-order valence-corrected chi connectivity index (χ2v) is 17.4. The Hall–Kier alpha value is -3.64. The Morgan fingerprint density at radius 3 is 1.66 bits per heavy atom. The molecule has 0 unspecified atom stereocenters. The van der Waals surface area contributed by atoms with Crippen LogP contribution in [0.15, 0.2) is 107 Å². The molecule has 6 rings (SSSR count). The van der Waals surface area contributed by atoms with Crippen molar-refractivity contribution in [2.45, 2.75) is 50.5 Å². The van der Waals surface area contributed by atoms with E-state index in [4.69, 9.17) is 32.3 Å². The Kier molecular flexibility index (Phi) is 11.8. The molecule has 1 saturated carbocycles. The van der Waals surface area contributed by atoms with Gasteiger partial charge in [0.25, 0.3) is 5.56 Å². The normalized spacial score (nSPS) is 20.9. The molecule has 1 aromatic heterocycles. The van der Waals surface area contributed by atoms with Crippen molar-refractivity contribution in [1.82, 2.24) is 9.55 Å². The van der Waals surface area contributed by atoms with Crippen LogP contribution in [0.2, 0.25) is 0 Å². The molecule has 4 aromatic rings. The Labute approximate surface area is 308 Å². The zero-order chi connectivity index (χ0) is 37.9. The van der Waals surface area contributed by atoms with Crippen LogP contribution in [0.3, 0.4) is 0 Å². The van der Waals surface area contributed by atoms with Crippen LogP contribution in [0.25, 0.3) is 0 Å². The largest absolute Gasteiger partial charge is 0.497 e. The average molecular weight is 769 g/mol. The minimum Gasteiger partial charge on any atom is -0.497 e. The number of aromatic nitrogens is 2. The highest BCUT2D eigenvalue weighted by molar-refractivity contribution is 7.75. The third kappa shape index (κ3) is 6.61. The van der Waals surface area contributed by atoms with E-state index in [-0.39, 0.29) is 33.0 Å². The summed E-state index contributed by atoms with van der Waals surface area (Å²) in [4.78, 5) is 25.9. The molecule has 0 bridgehead atoms. The van der Waals surface area contributed by atoms with Gasteiger partial charge in [-0.1, -0.05) is 72.8 Å². The molecular formula is C38H46N2O11P2. The second-order valence-electron chi connectivity index (χ2n) is 12.5. The summed E-state index contributed by atoms with van der Waals surface area (Å²) in [7, 11) is -7.18. The van der Waals surface area contributed by atoms with Crippen molar-refractivity contribution in [1.29, 1.82) is 0 Å². The molecular weight excluding hydrogens is 722 g/mol. The van der Waals surface area contributed by atoms with E-state index in [0.29, 0.717) is 5.75 Å². The van der Waals surface area contributed by atoms with E-state index in [0.717, 1.165) is 16.7 Å². The first-order valence-electron chi connectivity index (χ1n) is 17.8. The van der Waals surface area contributed by atoms with Gasteiger partial charge in [0.1, 0.15) is 17.6 Å². The van der Waals surface area contributed by atoms with Gasteiger partial charge in [0, 0.05) is 24.1 Å². The average Bonchev–Trinajstić information content (AvgIpc) is 3.75. The van der Waals surface area contributed by atoms with Gasteiger partial charge in [-0.05, 0) is 56.5 Å². The van der Waals surface area contributed by atoms with Crippen LogP contribution < -0.4 is 16.0 Å². The van der Waals surface area contributed by atoms with Gasteiger partial charge >= 0.3 is 20.9 Å². The predicted octanol–water partition coefficient (Wildman–Crippen LogP) is 6.93. The highest BCUT2D eigenvalue weighted by Crippen LogP contribution is 2.95. The molecule has 3 aromatic carbocycles. The third-order valence-electron chi connectivity index (χ3n) is 9.80. The second kappa shape index (κ2) is 16.0. The molecule has 0 amide bonds. The summed E-state index contributed by atoms with van der Waals surface area (Å²) >= 11 is 0. The SMILES string of the molecule is CCOP(=O)(OCC)C1(P(=O)(OCC)OCC)[C@@H]2[C@H]1[C@@H](COC(c1ccccc1)(c1ccccc1)c1ccc(OC)cc1)O[C@H]2n1ccc(=O)[nH]c1=O. The van der Waals surface area contributed by atoms with E-state index in [1.807, 2.05) is 84.9 Å². The van der Waals surface area contributed by atoms with Gasteiger partial charge in [0.05, 0.1) is 46.2 Å². The van der Waals surface area contributed by atoms with Crippen molar-refractivity contribution in [3.05, 3.63) is 135 Å². The summed E-state index contributed by atoms with van der Waals surface area (Å²) in [6.45, 7) is 6.34. The lowest BCUT2D eigenvalue weighted by molar-refractivity contribution is -0.0974. The Balaban J connectivity index is 1.55. The van der Waals surface area contributed by atoms with Crippen molar-refractivity contribution < 1.29 is 41.4 Å². The molecule has 0 radical (unpaired) electrons. The molecule has 1 N–H and O–H groups in total. The summed E-state index contributed by atoms with van der Waals surface area (Å²) in [5.74, 6) is -1.16. The van der Waals surface area contributed by atoms with Crippen LogP contribution in [-0.2, 0) is 42.3 Å². The number of benzene rings is 3. The molecule has 13 nitrogen and oxygen atoms in total. The first-order valence-corrected chi connectivity index (χ1v) is 20.8. The minimum absolute atomic E-state index is 0.0371. The van der Waals surface area contributed by atoms with Crippen LogP contribution in [-0.4, -0.2) is 60.7 Å². The van der Waals surface area contributed by atoms with Crippen molar-refractivity contribution in [2.75, 3.05) is 40.1 Å².